The van der Waals surface area contributed by atoms with Gasteiger partial charge in [-0.15, -0.1) is 0 Å². The summed E-state index contributed by atoms with van der Waals surface area (Å²) in [6, 6.07) is 8.34. The maximum Gasteiger partial charge on any atom is 0.0484 e. The molecule has 0 aliphatic rings. The zero-order chi connectivity index (χ0) is 14.5. The third-order valence-electron chi connectivity index (χ3n) is 3.72. The predicted octanol–water partition coefficient (Wildman–Crippen LogP) is 6.78. The van der Waals surface area contributed by atoms with Crippen molar-refractivity contribution in [2.75, 3.05) is 11.9 Å². The molecule has 114 valence electrons. The van der Waals surface area contributed by atoms with Crippen LogP contribution in [0.2, 0.25) is 0 Å². The van der Waals surface area contributed by atoms with E-state index in [1.165, 1.54) is 69.9 Å². The van der Waals surface area contributed by atoms with Crippen LogP contribution in [0.15, 0.2) is 28.7 Å². The third-order valence-corrected chi connectivity index (χ3v) is 4.41. The molecule has 0 atom stereocenters. The van der Waals surface area contributed by atoms with Crippen LogP contribution < -0.4 is 5.32 Å². The molecule has 1 rings (SSSR count). The van der Waals surface area contributed by atoms with Crippen LogP contribution in [-0.4, -0.2) is 6.54 Å². The molecule has 0 unspecified atom stereocenters. The van der Waals surface area contributed by atoms with Gasteiger partial charge in [-0.25, -0.2) is 0 Å². The Morgan fingerprint density at radius 1 is 0.800 bits per heavy atom. The molecule has 0 saturated heterocycles. The van der Waals surface area contributed by atoms with Crippen LogP contribution in [0.25, 0.3) is 0 Å². The van der Waals surface area contributed by atoms with Crippen LogP contribution in [0.1, 0.15) is 71.1 Å². The van der Waals surface area contributed by atoms with Crippen molar-refractivity contribution in [1.29, 1.82) is 0 Å². The molecule has 20 heavy (non-hydrogen) atoms. The van der Waals surface area contributed by atoms with Crippen LogP contribution >= 0.6 is 15.9 Å². The summed E-state index contributed by atoms with van der Waals surface area (Å²) in [5, 5.41) is 3.49. The fraction of sp³-hybridized carbons (Fsp3) is 0.667. The molecule has 0 saturated carbocycles. The monoisotopic (exact) mass is 339 g/mol. The number of hydrogen-bond acceptors (Lipinski definition) is 1. The van der Waals surface area contributed by atoms with Gasteiger partial charge in [0.25, 0.3) is 0 Å². The van der Waals surface area contributed by atoms with Crippen LogP contribution in [0.5, 0.6) is 0 Å². The molecule has 1 nitrogen and oxygen atoms in total. The van der Waals surface area contributed by atoms with Gasteiger partial charge in [0.05, 0.1) is 0 Å². The van der Waals surface area contributed by atoms with E-state index in [0.29, 0.717) is 0 Å². The van der Waals surface area contributed by atoms with E-state index in [9.17, 15) is 0 Å². The number of unbranched alkanes of at least 4 members (excludes halogenated alkanes) is 9. The molecular formula is C18H30BrN. The van der Waals surface area contributed by atoms with Crippen molar-refractivity contribution in [3.05, 3.63) is 28.7 Å². The molecule has 2 heteroatoms. The summed E-state index contributed by atoms with van der Waals surface area (Å²) in [7, 11) is 0. The smallest absolute Gasteiger partial charge is 0.0484 e. The molecule has 0 bridgehead atoms. The summed E-state index contributed by atoms with van der Waals surface area (Å²) in [5.74, 6) is 0. The Kier molecular flexibility index (Phi) is 10.8. The van der Waals surface area contributed by atoms with Gasteiger partial charge in [0.2, 0.25) is 0 Å². The Morgan fingerprint density at radius 3 is 1.95 bits per heavy atom. The molecule has 0 amide bonds. The average molecular weight is 340 g/mol. The Balaban J connectivity index is 1.87. The van der Waals surface area contributed by atoms with Gasteiger partial charge in [0, 0.05) is 16.7 Å². The summed E-state index contributed by atoms with van der Waals surface area (Å²) >= 11 is 3.56. The van der Waals surface area contributed by atoms with Gasteiger partial charge in [-0.3, -0.25) is 0 Å². The lowest BCUT2D eigenvalue weighted by molar-refractivity contribution is 0.560. The first-order valence-corrected chi connectivity index (χ1v) is 9.12. The maximum absolute atomic E-state index is 3.56. The van der Waals surface area contributed by atoms with Gasteiger partial charge in [-0.05, 0) is 34.5 Å². The van der Waals surface area contributed by atoms with Gasteiger partial charge >= 0.3 is 0 Å². The second kappa shape index (κ2) is 12.3. The molecule has 0 aliphatic heterocycles. The first kappa shape index (κ1) is 17.6. The Morgan fingerprint density at radius 2 is 1.35 bits per heavy atom. The minimum Gasteiger partial charge on any atom is -0.384 e. The lowest BCUT2D eigenvalue weighted by Crippen LogP contribution is -2.01. The number of halogens is 1. The van der Waals surface area contributed by atoms with Crippen molar-refractivity contribution in [3.63, 3.8) is 0 Å². The fourth-order valence-corrected chi connectivity index (χ4v) is 2.87. The largest absolute Gasteiger partial charge is 0.384 e. The van der Waals surface area contributed by atoms with E-state index in [-0.39, 0.29) is 0 Å². The van der Waals surface area contributed by atoms with E-state index in [2.05, 4.69) is 52.4 Å². The molecule has 0 aromatic heterocycles. The fourth-order valence-electron chi connectivity index (χ4n) is 2.44. The van der Waals surface area contributed by atoms with Crippen molar-refractivity contribution in [3.8, 4) is 0 Å². The number of para-hydroxylation sites is 1. The zero-order valence-corrected chi connectivity index (χ0v) is 14.6. The van der Waals surface area contributed by atoms with Crippen LogP contribution in [0.3, 0.4) is 0 Å². The first-order chi connectivity index (χ1) is 9.84. The normalized spacial score (nSPS) is 10.7. The molecule has 0 aliphatic carbocycles. The van der Waals surface area contributed by atoms with Gasteiger partial charge in [-0.1, -0.05) is 76.8 Å². The van der Waals surface area contributed by atoms with Crippen molar-refractivity contribution in [1.82, 2.24) is 0 Å². The van der Waals surface area contributed by atoms with Crippen LogP contribution in [0.4, 0.5) is 5.69 Å². The number of hydrogen-bond donors (Lipinski definition) is 1. The van der Waals surface area contributed by atoms with Crippen molar-refractivity contribution in [2.45, 2.75) is 71.1 Å². The molecular weight excluding hydrogens is 310 g/mol. The maximum atomic E-state index is 3.56. The van der Waals surface area contributed by atoms with E-state index in [1.807, 2.05) is 0 Å². The van der Waals surface area contributed by atoms with E-state index in [0.717, 1.165) is 11.0 Å². The molecule has 0 heterocycles. The highest BCUT2D eigenvalue weighted by molar-refractivity contribution is 9.10. The average Bonchev–Trinajstić information content (AvgIpc) is 2.46. The standard InChI is InChI=1S/C18H30BrN/c1-2-3-4-5-6-7-8-9-10-13-16-20-18-15-12-11-14-17(18)19/h11-12,14-15,20H,2-10,13,16H2,1H3. The summed E-state index contributed by atoms with van der Waals surface area (Å²) in [5.41, 5.74) is 1.21. The number of benzene rings is 1. The van der Waals surface area contributed by atoms with E-state index in [1.54, 1.807) is 0 Å². The van der Waals surface area contributed by atoms with Crippen LogP contribution in [-0.2, 0) is 0 Å². The predicted molar refractivity (Wildman–Crippen MR) is 94.5 cm³/mol. The lowest BCUT2D eigenvalue weighted by atomic mass is 10.1. The summed E-state index contributed by atoms with van der Waals surface area (Å²) in [6.07, 6.45) is 14.0. The highest BCUT2D eigenvalue weighted by atomic mass is 79.9. The minimum absolute atomic E-state index is 1.08. The second-order valence-electron chi connectivity index (χ2n) is 5.59. The lowest BCUT2D eigenvalue weighted by Gasteiger charge is -2.08. The van der Waals surface area contributed by atoms with E-state index >= 15 is 0 Å². The first-order valence-electron chi connectivity index (χ1n) is 8.33. The van der Waals surface area contributed by atoms with Gasteiger partial charge < -0.3 is 5.32 Å². The highest BCUT2D eigenvalue weighted by Gasteiger charge is 1.96. The topological polar surface area (TPSA) is 12.0 Å². The molecule has 0 spiro atoms. The van der Waals surface area contributed by atoms with E-state index in [4.69, 9.17) is 0 Å². The molecule has 1 N–H and O–H groups in total. The second-order valence-corrected chi connectivity index (χ2v) is 6.44. The number of nitrogens with one attached hydrogen (secondary N) is 1. The molecule has 1 aromatic carbocycles. The summed E-state index contributed by atoms with van der Waals surface area (Å²) < 4.78 is 1.16. The SMILES string of the molecule is CCCCCCCCCCCCNc1ccccc1Br. The summed E-state index contributed by atoms with van der Waals surface area (Å²) in [4.78, 5) is 0. The Labute approximate surface area is 133 Å². The molecule has 1 aromatic rings. The quantitative estimate of drug-likeness (QED) is 0.413. The Bertz CT molecular complexity index is 338. The van der Waals surface area contributed by atoms with Crippen molar-refractivity contribution in [2.24, 2.45) is 0 Å². The third kappa shape index (κ3) is 8.63. The van der Waals surface area contributed by atoms with Crippen molar-refractivity contribution >= 4 is 21.6 Å². The van der Waals surface area contributed by atoms with E-state index < -0.39 is 0 Å². The van der Waals surface area contributed by atoms with Crippen molar-refractivity contribution < 1.29 is 0 Å². The molecule has 0 radical (unpaired) electrons. The van der Waals surface area contributed by atoms with Gasteiger partial charge in [0.15, 0.2) is 0 Å². The van der Waals surface area contributed by atoms with Gasteiger partial charge in [-0.2, -0.15) is 0 Å². The minimum atomic E-state index is 1.08. The summed E-state index contributed by atoms with van der Waals surface area (Å²) in [6.45, 7) is 3.36. The van der Waals surface area contributed by atoms with Gasteiger partial charge in [0.1, 0.15) is 0 Å². The van der Waals surface area contributed by atoms with Crippen LogP contribution in [0, 0.1) is 0 Å². The Hall–Kier alpha value is -0.500. The number of rotatable bonds is 12. The highest BCUT2D eigenvalue weighted by Crippen LogP contribution is 2.21. The number of anilines is 1. The molecule has 0 fully saturated rings. The zero-order valence-electron chi connectivity index (χ0n) is 13.0.